The van der Waals surface area contributed by atoms with E-state index in [1.165, 1.54) is 0 Å². The van der Waals surface area contributed by atoms with E-state index in [1.54, 1.807) is 19.5 Å². The lowest BCUT2D eigenvalue weighted by Crippen LogP contribution is -2.47. The number of halogens is 1. The van der Waals surface area contributed by atoms with E-state index in [2.05, 4.69) is 14.8 Å². The van der Waals surface area contributed by atoms with E-state index in [0.717, 1.165) is 43.2 Å². The van der Waals surface area contributed by atoms with Crippen LogP contribution in [0.4, 0.5) is 5.69 Å². The van der Waals surface area contributed by atoms with Crippen molar-refractivity contribution < 1.29 is 9.84 Å². The van der Waals surface area contributed by atoms with Crippen molar-refractivity contribution in [2.24, 2.45) is 0 Å². The maximum Gasteiger partial charge on any atom is 0.119 e. The highest BCUT2D eigenvalue weighted by molar-refractivity contribution is 6.33. The van der Waals surface area contributed by atoms with Crippen molar-refractivity contribution >= 4 is 17.3 Å². The van der Waals surface area contributed by atoms with Gasteiger partial charge in [-0.05, 0) is 23.8 Å². The van der Waals surface area contributed by atoms with Gasteiger partial charge in [-0.15, -0.1) is 0 Å². The molecule has 24 heavy (non-hydrogen) atoms. The molecule has 0 spiro atoms. The summed E-state index contributed by atoms with van der Waals surface area (Å²) >= 11 is 6.22. The van der Waals surface area contributed by atoms with E-state index in [-0.39, 0.29) is 0 Å². The number of ether oxygens (including phenoxy) is 1. The van der Waals surface area contributed by atoms with Crippen molar-refractivity contribution in [1.82, 2.24) is 9.88 Å². The van der Waals surface area contributed by atoms with Crippen LogP contribution in [0.2, 0.25) is 5.02 Å². The number of β-amino-alcohol motifs (C(OH)–C–C–N with tert-alkyl or cyclic N) is 1. The normalized spacial score (nSPS) is 16.9. The molecule has 1 aliphatic rings. The van der Waals surface area contributed by atoms with Gasteiger partial charge in [0.25, 0.3) is 0 Å². The summed E-state index contributed by atoms with van der Waals surface area (Å²) in [6.07, 6.45) is 2.92. The molecule has 0 bridgehead atoms. The number of aromatic nitrogens is 1. The lowest BCUT2D eigenvalue weighted by molar-refractivity contribution is 0.109. The zero-order chi connectivity index (χ0) is 16.9. The first-order chi connectivity index (χ1) is 11.7. The van der Waals surface area contributed by atoms with Crippen molar-refractivity contribution in [2.75, 3.05) is 44.7 Å². The fraction of sp³-hybridized carbons (Fsp3) is 0.389. The minimum atomic E-state index is -0.517. The van der Waals surface area contributed by atoms with Gasteiger partial charge >= 0.3 is 0 Å². The Bertz CT molecular complexity index is 675. The maximum atomic E-state index is 10.5. The molecule has 1 unspecified atom stereocenters. The van der Waals surface area contributed by atoms with Crippen LogP contribution in [0.1, 0.15) is 11.7 Å². The minimum Gasteiger partial charge on any atom is -0.497 e. The third-order valence-electron chi connectivity index (χ3n) is 4.37. The highest BCUT2D eigenvalue weighted by atomic mass is 35.5. The quantitative estimate of drug-likeness (QED) is 0.901. The van der Waals surface area contributed by atoms with Crippen LogP contribution in [0.15, 0.2) is 42.7 Å². The molecule has 1 aromatic carbocycles. The van der Waals surface area contributed by atoms with Crippen LogP contribution >= 0.6 is 11.6 Å². The van der Waals surface area contributed by atoms with Gasteiger partial charge in [0.2, 0.25) is 0 Å². The number of aliphatic hydroxyl groups excluding tert-OH is 1. The summed E-state index contributed by atoms with van der Waals surface area (Å²) in [5.41, 5.74) is 1.91. The van der Waals surface area contributed by atoms with Crippen molar-refractivity contribution in [3.05, 3.63) is 53.3 Å². The van der Waals surface area contributed by atoms with Crippen LogP contribution in [0, 0.1) is 0 Å². The van der Waals surface area contributed by atoms with E-state index in [4.69, 9.17) is 16.3 Å². The first kappa shape index (κ1) is 17.0. The largest absolute Gasteiger partial charge is 0.497 e. The molecule has 1 fully saturated rings. The molecule has 1 saturated heterocycles. The molecular weight excluding hydrogens is 326 g/mol. The summed E-state index contributed by atoms with van der Waals surface area (Å²) in [5.74, 6) is 0.767. The Labute approximate surface area is 147 Å². The Balaban J connectivity index is 1.56. The lowest BCUT2D eigenvalue weighted by Gasteiger charge is -2.37. The Kier molecular flexibility index (Phi) is 5.56. The Morgan fingerprint density at radius 1 is 1.25 bits per heavy atom. The van der Waals surface area contributed by atoms with Crippen LogP contribution in [0.3, 0.4) is 0 Å². The predicted molar refractivity (Wildman–Crippen MR) is 95.9 cm³/mol. The minimum absolute atomic E-state index is 0.517. The van der Waals surface area contributed by atoms with Gasteiger partial charge in [0.1, 0.15) is 5.75 Å². The van der Waals surface area contributed by atoms with Crippen molar-refractivity contribution in [3.8, 4) is 5.75 Å². The van der Waals surface area contributed by atoms with Crippen LogP contribution in [-0.2, 0) is 0 Å². The Morgan fingerprint density at radius 2 is 2.04 bits per heavy atom. The second kappa shape index (κ2) is 7.83. The number of piperazine rings is 1. The van der Waals surface area contributed by atoms with Gasteiger partial charge in [0, 0.05) is 45.1 Å². The van der Waals surface area contributed by atoms with Crippen molar-refractivity contribution in [1.29, 1.82) is 0 Å². The molecule has 0 saturated carbocycles. The number of methoxy groups -OCH3 is 1. The summed E-state index contributed by atoms with van der Waals surface area (Å²) in [5, 5.41) is 11.2. The fourth-order valence-corrected chi connectivity index (χ4v) is 3.23. The molecule has 0 aliphatic carbocycles. The molecule has 0 amide bonds. The number of anilines is 1. The summed E-state index contributed by atoms with van der Waals surface area (Å²) in [7, 11) is 1.63. The molecule has 1 aliphatic heterocycles. The second-order valence-corrected chi connectivity index (χ2v) is 6.31. The van der Waals surface area contributed by atoms with Gasteiger partial charge in [0.05, 0.1) is 23.9 Å². The molecular formula is C18H22ClN3O2. The predicted octanol–water partition coefficient (Wildman–Crippen LogP) is 2.60. The standard InChI is InChI=1S/C18H22ClN3O2/c1-24-15-4-2-3-14(11-15)18(23)13-21-7-9-22(10-8-21)17-5-6-20-12-16(17)19/h2-6,11-12,18,23H,7-10,13H2,1H3. The molecule has 1 N–H and O–H groups in total. The molecule has 2 heterocycles. The molecule has 2 aromatic rings. The highest BCUT2D eigenvalue weighted by Crippen LogP contribution is 2.26. The number of aliphatic hydroxyl groups is 1. The molecule has 1 atom stereocenters. The van der Waals surface area contributed by atoms with Crippen LogP contribution in [0.25, 0.3) is 0 Å². The number of hydrogen-bond donors (Lipinski definition) is 1. The van der Waals surface area contributed by atoms with Crippen LogP contribution in [-0.4, -0.2) is 54.8 Å². The summed E-state index contributed by atoms with van der Waals surface area (Å²) in [4.78, 5) is 8.57. The zero-order valence-electron chi connectivity index (χ0n) is 13.7. The van der Waals surface area contributed by atoms with Crippen molar-refractivity contribution in [2.45, 2.75) is 6.10 Å². The number of benzene rings is 1. The van der Waals surface area contributed by atoms with E-state index >= 15 is 0 Å². The highest BCUT2D eigenvalue weighted by Gasteiger charge is 2.21. The zero-order valence-corrected chi connectivity index (χ0v) is 14.5. The van der Waals surface area contributed by atoms with Gasteiger partial charge in [0.15, 0.2) is 0 Å². The van der Waals surface area contributed by atoms with E-state index in [1.807, 2.05) is 30.3 Å². The third kappa shape index (κ3) is 3.98. The molecule has 1 aromatic heterocycles. The van der Waals surface area contributed by atoms with Crippen LogP contribution < -0.4 is 9.64 Å². The van der Waals surface area contributed by atoms with Gasteiger partial charge in [-0.2, -0.15) is 0 Å². The monoisotopic (exact) mass is 347 g/mol. The SMILES string of the molecule is COc1cccc(C(O)CN2CCN(c3ccncc3Cl)CC2)c1. The average Bonchev–Trinajstić information content (AvgIpc) is 2.63. The van der Waals surface area contributed by atoms with Gasteiger partial charge < -0.3 is 14.7 Å². The van der Waals surface area contributed by atoms with E-state index < -0.39 is 6.10 Å². The number of nitrogens with zero attached hydrogens (tertiary/aromatic N) is 3. The molecule has 128 valence electrons. The third-order valence-corrected chi connectivity index (χ3v) is 4.66. The molecule has 3 rings (SSSR count). The number of pyridine rings is 1. The average molecular weight is 348 g/mol. The van der Waals surface area contributed by atoms with E-state index in [0.29, 0.717) is 11.6 Å². The lowest BCUT2D eigenvalue weighted by atomic mass is 10.1. The summed E-state index contributed by atoms with van der Waals surface area (Å²) in [6.45, 7) is 4.16. The maximum absolute atomic E-state index is 10.5. The Morgan fingerprint density at radius 3 is 2.75 bits per heavy atom. The summed E-state index contributed by atoms with van der Waals surface area (Å²) in [6, 6.07) is 9.55. The van der Waals surface area contributed by atoms with E-state index in [9.17, 15) is 5.11 Å². The summed E-state index contributed by atoms with van der Waals surface area (Å²) < 4.78 is 5.22. The fourth-order valence-electron chi connectivity index (χ4n) is 2.99. The first-order valence-electron chi connectivity index (χ1n) is 8.06. The van der Waals surface area contributed by atoms with Gasteiger partial charge in [-0.25, -0.2) is 0 Å². The number of rotatable bonds is 5. The van der Waals surface area contributed by atoms with Crippen molar-refractivity contribution in [3.63, 3.8) is 0 Å². The molecule has 6 heteroatoms. The molecule has 5 nitrogen and oxygen atoms in total. The van der Waals surface area contributed by atoms with Gasteiger partial charge in [-0.3, -0.25) is 9.88 Å². The first-order valence-corrected chi connectivity index (χ1v) is 8.44. The van der Waals surface area contributed by atoms with Crippen LogP contribution in [0.5, 0.6) is 5.75 Å². The second-order valence-electron chi connectivity index (χ2n) is 5.91. The smallest absolute Gasteiger partial charge is 0.119 e. The molecule has 0 radical (unpaired) electrons. The van der Waals surface area contributed by atoms with Gasteiger partial charge in [-0.1, -0.05) is 23.7 Å². The Hall–Kier alpha value is -1.82. The number of hydrogen-bond acceptors (Lipinski definition) is 5. The topological polar surface area (TPSA) is 48.8 Å².